The Hall–Kier alpha value is -3.47. The maximum absolute atomic E-state index is 12.8. The Labute approximate surface area is 171 Å². The topological polar surface area (TPSA) is 56.8 Å². The first-order valence-corrected chi connectivity index (χ1v) is 9.65. The van der Waals surface area contributed by atoms with Crippen LogP contribution in [0, 0.1) is 0 Å². The fraction of sp³-hybridized carbons (Fsp3) is 0.208. The van der Waals surface area contributed by atoms with Crippen LogP contribution >= 0.6 is 0 Å². The first kappa shape index (κ1) is 20.3. The zero-order chi connectivity index (χ0) is 20.5. The van der Waals surface area contributed by atoms with Crippen LogP contribution < -0.4 is 19.5 Å². The van der Waals surface area contributed by atoms with Crippen LogP contribution in [0.1, 0.15) is 30.1 Å². The molecule has 0 unspecified atom stereocenters. The van der Waals surface area contributed by atoms with E-state index >= 15 is 0 Å². The van der Waals surface area contributed by atoms with E-state index in [0.29, 0.717) is 40.9 Å². The van der Waals surface area contributed by atoms with E-state index in [4.69, 9.17) is 14.2 Å². The highest BCUT2D eigenvalue weighted by molar-refractivity contribution is 6.05. The molecule has 150 valence electrons. The molecule has 5 nitrogen and oxygen atoms in total. The minimum absolute atomic E-state index is 0.257. The highest BCUT2D eigenvalue weighted by Gasteiger charge is 2.14. The van der Waals surface area contributed by atoms with Gasteiger partial charge in [-0.05, 0) is 48.9 Å². The molecule has 0 spiro atoms. The van der Waals surface area contributed by atoms with E-state index in [2.05, 4.69) is 12.2 Å². The maximum atomic E-state index is 12.8. The van der Waals surface area contributed by atoms with Gasteiger partial charge in [-0.1, -0.05) is 43.7 Å². The van der Waals surface area contributed by atoms with Crippen LogP contribution in [0.2, 0.25) is 0 Å². The average molecular weight is 391 g/mol. The van der Waals surface area contributed by atoms with Crippen molar-refractivity contribution in [1.29, 1.82) is 0 Å². The number of hydrogen-bond donors (Lipinski definition) is 1. The van der Waals surface area contributed by atoms with Crippen molar-refractivity contribution in [2.24, 2.45) is 0 Å². The SMILES string of the molecule is CCCCOc1ccc(C(=O)Nc2ccccc2Oc2ccccc2)cc1OC. The summed E-state index contributed by atoms with van der Waals surface area (Å²) in [6, 6.07) is 21.9. The smallest absolute Gasteiger partial charge is 0.255 e. The van der Waals surface area contributed by atoms with Crippen LogP contribution in [0.4, 0.5) is 5.69 Å². The summed E-state index contributed by atoms with van der Waals surface area (Å²) >= 11 is 0. The Morgan fingerprint density at radius 2 is 1.66 bits per heavy atom. The molecule has 3 aromatic carbocycles. The number of carbonyl (C=O) groups is 1. The highest BCUT2D eigenvalue weighted by Crippen LogP contribution is 2.31. The molecule has 1 amide bonds. The lowest BCUT2D eigenvalue weighted by Gasteiger charge is -2.14. The molecule has 0 aliphatic carbocycles. The molecular weight excluding hydrogens is 366 g/mol. The fourth-order valence-electron chi connectivity index (χ4n) is 2.72. The van der Waals surface area contributed by atoms with E-state index in [1.54, 1.807) is 31.4 Å². The summed E-state index contributed by atoms with van der Waals surface area (Å²) in [6.07, 6.45) is 2.01. The number of methoxy groups -OCH3 is 1. The van der Waals surface area contributed by atoms with E-state index in [1.807, 2.05) is 48.5 Å². The highest BCUT2D eigenvalue weighted by atomic mass is 16.5. The summed E-state index contributed by atoms with van der Waals surface area (Å²) in [7, 11) is 1.56. The van der Waals surface area contributed by atoms with Gasteiger partial charge < -0.3 is 19.5 Å². The molecule has 29 heavy (non-hydrogen) atoms. The van der Waals surface area contributed by atoms with Gasteiger partial charge in [-0.3, -0.25) is 4.79 Å². The van der Waals surface area contributed by atoms with Crippen LogP contribution in [0.5, 0.6) is 23.0 Å². The van der Waals surface area contributed by atoms with Gasteiger partial charge in [0, 0.05) is 5.56 Å². The molecular formula is C24H25NO4. The van der Waals surface area contributed by atoms with E-state index in [1.165, 1.54) is 0 Å². The Bertz CT molecular complexity index is 941. The Kier molecular flexibility index (Phi) is 7.11. The second kappa shape index (κ2) is 10.2. The number of para-hydroxylation sites is 3. The molecule has 0 radical (unpaired) electrons. The molecule has 0 aliphatic heterocycles. The van der Waals surface area contributed by atoms with E-state index in [-0.39, 0.29) is 5.91 Å². The summed E-state index contributed by atoms with van der Waals surface area (Å²) in [5, 5.41) is 2.91. The van der Waals surface area contributed by atoms with Crippen molar-refractivity contribution in [3.63, 3.8) is 0 Å². The second-order valence-corrected chi connectivity index (χ2v) is 6.43. The van der Waals surface area contributed by atoms with E-state index < -0.39 is 0 Å². The summed E-state index contributed by atoms with van der Waals surface area (Å²) in [6.45, 7) is 2.72. The predicted molar refractivity (Wildman–Crippen MR) is 114 cm³/mol. The third kappa shape index (κ3) is 5.51. The Morgan fingerprint density at radius 3 is 2.41 bits per heavy atom. The molecule has 0 aliphatic rings. The van der Waals surface area contributed by atoms with Gasteiger partial charge in [0.25, 0.3) is 5.91 Å². The first-order valence-electron chi connectivity index (χ1n) is 9.65. The van der Waals surface area contributed by atoms with Crippen LogP contribution in [0.3, 0.4) is 0 Å². The molecule has 0 aromatic heterocycles. The number of hydrogen-bond acceptors (Lipinski definition) is 4. The van der Waals surface area contributed by atoms with E-state index in [0.717, 1.165) is 12.8 Å². The number of ether oxygens (including phenoxy) is 3. The first-order chi connectivity index (χ1) is 14.2. The minimum Gasteiger partial charge on any atom is -0.493 e. The molecule has 3 rings (SSSR count). The van der Waals surface area contributed by atoms with Crippen LogP contribution in [-0.4, -0.2) is 19.6 Å². The van der Waals surface area contributed by atoms with Gasteiger partial charge in [0.1, 0.15) is 5.75 Å². The fourth-order valence-corrected chi connectivity index (χ4v) is 2.72. The molecule has 0 saturated carbocycles. The van der Waals surface area contributed by atoms with Gasteiger partial charge in [-0.25, -0.2) is 0 Å². The zero-order valence-corrected chi connectivity index (χ0v) is 16.7. The van der Waals surface area contributed by atoms with Gasteiger partial charge in [0.15, 0.2) is 17.2 Å². The van der Waals surface area contributed by atoms with Gasteiger partial charge >= 0.3 is 0 Å². The summed E-state index contributed by atoms with van der Waals surface area (Å²) in [5.41, 5.74) is 1.06. The van der Waals surface area contributed by atoms with Gasteiger partial charge in [-0.15, -0.1) is 0 Å². The predicted octanol–water partition coefficient (Wildman–Crippen LogP) is 5.92. The van der Waals surface area contributed by atoms with Crippen LogP contribution in [0.25, 0.3) is 0 Å². The molecule has 1 N–H and O–H groups in total. The van der Waals surface area contributed by atoms with Crippen molar-refractivity contribution in [3.8, 4) is 23.0 Å². The number of carbonyl (C=O) groups excluding carboxylic acids is 1. The molecule has 0 bridgehead atoms. The van der Waals surface area contributed by atoms with Gasteiger partial charge in [0.2, 0.25) is 0 Å². The number of unbranched alkanes of at least 4 members (excludes halogenated alkanes) is 1. The monoisotopic (exact) mass is 391 g/mol. The summed E-state index contributed by atoms with van der Waals surface area (Å²) in [5.74, 6) is 2.17. The number of benzene rings is 3. The third-order valence-electron chi connectivity index (χ3n) is 4.29. The van der Waals surface area contributed by atoms with Crippen molar-refractivity contribution in [2.75, 3.05) is 19.0 Å². The lowest BCUT2D eigenvalue weighted by Crippen LogP contribution is -2.13. The Balaban J connectivity index is 1.75. The zero-order valence-electron chi connectivity index (χ0n) is 16.7. The third-order valence-corrected chi connectivity index (χ3v) is 4.29. The van der Waals surface area contributed by atoms with Gasteiger partial charge in [-0.2, -0.15) is 0 Å². The second-order valence-electron chi connectivity index (χ2n) is 6.43. The number of rotatable bonds is 9. The van der Waals surface area contributed by atoms with Crippen molar-refractivity contribution >= 4 is 11.6 Å². The quantitative estimate of drug-likeness (QED) is 0.460. The van der Waals surface area contributed by atoms with Crippen molar-refractivity contribution in [3.05, 3.63) is 78.4 Å². The molecule has 0 saturated heterocycles. The number of nitrogens with one attached hydrogen (secondary N) is 1. The van der Waals surface area contributed by atoms with Crippen molar-refractivity contribution in [1.82, 2.24) is 0 Å². The minimum atomic E-state index is -0.257. The molecule has 0 heterocycles. The largest absolute Gasteiger partial charge is 0.493 e. The van der Waals surface area contributed by atoms with E-state index in [9.17, 15) is 4.79 Å². The van der Waals surface area contributed by atoms with Crippen LogP contribution in [0.15, 0.2) is 72.8 Å². The normalized spacial score (nSPS) is 10.3. The lowest BCUT2D eigenvalue weighted by atomic mass is 10.1. The number of amides is 1. The molecule has 3 aromatic rings. The average Bonchev–Trinajstić information content (AvgIpc) is 2.76. The van der Waals surface area contributed by atoms with Crippen molar-refractivity contribution in [2.45, 2.75) is 19.8 Å². The summed E-state index contributed by atoms with van der Waals surface area (Å²) < 4.78 is 17.0. The molecule has 0 fully saturated rings. The van der Waals surface area contributed by atoms with Crippen LogP contribution in [-0.2, 0) is 0 Å². The lowest BCUT2D eigenvalue weighted by molar-refractivity contribution is 0.102. The Morgan fingerprint density at radius 1 is 0.897 bits per heavy atom. The van der Waals surface area contributed by atoms with Crippen molar-refractivity contribution < 1.29 is 19.0 Å². The maximum Gasteiger partial charge on any atom is 0.255 e. The standard InChI is InChI=1S/C24H25NO4/c1-3-4-16-28-22-15-14-18(17-23(22)27-2)24(26)25-20-12-8-9-13-21(20)29-19-10-6-5-7-11-19/h5-15,17H,3-4,16H2,1-2H3,(H,25,26). The molecule has 0 atom stereocenters. The summed E-state index contributed by atoms with van der Waals surface area (Å²) in [4.78, 5) is 12.8. The van der Waals surface area contributed by atoms with Gasteiger partial charge in [0.05, 0.1) is 19.4 Å². The number of anilines is 1. The molecule has 5 heteroatoms.